The Morgan fingerprint density at radius 3 is 2.68 bits per heavy atom. The van der Waals surface area contributed by atoms with Gasteiger partial charge in [-0.3, -0.25) is 14.2 Å². The van der Waals surface area contributed by atoms with Crippen LogP contribution in [-0.2, 0) is 20.9 Å². The van der Waals surface area contributed by atoms with E-state index in [1.807, 2.05) is 0 Å². The smallest absolute Gasteiger partial charge is 0.419 e. The predicted molar refractivity (Wildman–Crippen MR) is 105 cm³/mol. The van der Waals surface area contributed by atoms with Gasteiger partial charge in [-0.15, -0.1) is 0 Å². The summed E-state index contributed by atoms with van der Waals surface area (Å²) in [6.07, 6.45) is -0.530. The Kier molecular flexibility index (Phi) is 6.16. The molecule has 2 aromatic carbocycles. The van der Waals surface area contributed by atoms with Gasteiger partial charge in [0.05, 0.1) is 16.2 Å². The van der Waals surface area contributed by atoms with Gasteiger partial charge >= 0.3 is 11.7 Å². The van der Waals surface area contributed by atoms with Crippen molar-refractivity contribution in [3.8, 4) is 0 Å². The number of fused-ring (bicyclic) bond motifs is 1. The van der Waals surface area contributed by atoms with E-state index in [4.69, 9.17) is 20.8 Å². The summed E-state index contributed by atoms with van der Waals surface area (Å²) >= 11 is 5.99. The number of esters is 1. The third-order valence-electron chi connectivity index (χ3n) is 4.15. The number of ether oxygens (including phenoxy) is 1. The molecule has 0 saturated carbocycles. The molecular weight excluding hydrogens is 384 g/mol. The van der Waals surface area contributed by atoms with E-state index in [9.17, 15) is 14.4 Å². The minimum absolute atomic E-state index is 0.0651. The summed E-state index contributed by atoms with van der Waals surface area (Å²) in [5, 5.41) is 3.01. The van der Waals surface area contributed by atoms with Gasteiger partial charge in [0.25, 0.3) is 5.91 Å². The molecule has 1 amide bonds. The lowest BCUT2D eigenvalue weighted by molar-refractivity contribution is -0.153. The number of hydrogen-bond acceptors (Lipinski definition) is 5. The van der Waals surface area contributed by atoms with Crippen LogP contribution in [0.1, 0.15) is 19.8 Å². The maximum absolute atomic E-state index is 12.1. The van der Waals surface area contributed by atoms with Gasteiger partial charge in [0, 0.05) is 13.0 Å². The molecule has 0 bridgehead atoms. The van der Waals surface area contributed by atoms with Crippen LogP contribution in [0.15, 0.2) is 57.7 Å². The van der Waals surface area contributed by atoms with E-state index in [1.54, 1.807) is 48.5 Å². The fourth-order valence-corrected chi connectivity index (χ4v) is 2.90. The maximum Gasteiger partial charge on any atom is 0.419 e. The summed E-state index contributed by atoms with van der Waals surface area (Å²) in [5.41, 5.74) is 1.62. The van der Waals surface area contributed by atoms with E-state index in [0.717, 1.165) is 0 Å². The molecule has 0 radical (unpaired) electrons. The summed E-state index contributed by atoms with van der Waals surface area (Å²) in [7, 11) is 0. The number of halogens is 1. The number of carbonyl (C=O) groups is 2. The Bertz CT molecular complexity index is 1060. The van der Waals surface area contributed by atoms with Crippen LogP contribution >= 0.6 is 11.6 Å². The third kappa shape index (κ3) is 4.61. The molecule has 0 spiro atoms. The van der Waals surface area contributed by atoms with Crippen LogP contribution in [0, 0.1) is 0 Å². The van der Waals surface area contributed by atoms with E-state index in [-0.39, 0.29) is 6.42 Å². The van der Waals surface area contributed by atoms with Crippen LogP contribution in [0.25, 0.3) is 11.1 Å². The third-order valence-corrected chi connectivity index (χ3v) is 4.48. The van der Waals surface area contributed by atoms with Crippen molar-refractivity contribution >= 4 is 40.3 Å². The summed E-state index contributed by atoms with van der Waals surface area (Å²) in [6, 6.07) is 13.9. The summed E-state index contributed by atoms with van der Waals surface area (Å²) in [4.78, 5) is 36.1. The molecule has 1 N–H and O–H groups in total. The Labute approximate surface area is 165 Å². The van der Waals surface area contributed by atoms with Gasteiger partial charge in [0.1, 0.15) is 0 Å². The van der Waals surface area contributed by atoms with Crippen LogP contribution < -0.4 is 11.1 Å². The largest absolute Gasteiger partial charge is 0.453 e. The van der Waals surface area contributed by atoms with Crippen molar-refractivity contribution < 1.29 is 18.7 Å². The Hall–Kier alpha value is -3.06. The Balaban J connectivity index is 1.50. The molecule has 3 aromatic rings. The van der Waals surface area contributed by atoms with Crippen LogP contribution in [0.4, 0.5) is 5.69 Å². The van der Waals surface area contributed by atoms with Crippen LogP contribution in [0.3, 0.4) is 0 Å². The number of rotatable bonds is 7. The van der Waals surface area contributed by atoms with Gasteiger partial charge in [-0.1, -0.05) is 35.9 Å². The summed E-state index contributed by atoms with van der Waals surface area (Å²) in [5.74, 6) is -1.47. The zero-order valence-electron chi connectivity index (χ0n) is 15.2. The van der Waals surface area contributed by atoms with Gasteiger partial charge in [-0.05, 0) is 37.6 Å². The van der Waals surface area contributed by atoms with Crippen molar-refractivity contribution in [3.05, 3.63) is 64.1 Å². The average molecular weight is 403 g/mol. The van der Waals surface area contributed by atoms with Crippen molar-refractivity contribution in [2.45, 2.75) is 32.4 Å². The van der Waals surface area contributed by atoms with Gasteiger partial charge < -0.3 is 14.5 Å². The average Bonchev–Trinajstić information content (AvgIpc) is 2.99. The quantitative estimate of drug-likeness (QED) is 0.610. The normalized spacial score (nSPS) is 11.9. The lowest BCUT2D eigenvalue weighted by Gasteiger charge is -2.14. The van der Waals surface area contributed by atoms with E-state index in [0.29, 0.717) is 34.8 Å². The molecule has 28 heavy (non-hydrogen) atoms. The number of aromatic nitrogens is 1. The number of aryl methyl sites for hydroxylation is 1. The number of anilines is 1. The van der Waals surface area contributed by atoms with Gasteiger partial charge in [-0.2, -0.15) is 0 Å². The zero-order chi connectivity index (χ0) is 20.1. The number of oxazole rings is 1. The summed E-state index contributed by atoms with van der Waals surface area (Å²) in [6.45, 7) is 1.79. The highest BCUT2D eigenvalue weighted by Gasteiger charge is 2.19. The van der Waals surface area contributed by atoms with Crippen molar-refractivity contribution in [1.29, 1.82) is 0 Å². The molecule has 1 unspecified atom stereocenters. The van der Waals surface area contributed by atoms with Crippen molar-refractivity contribution in [2.24, 2.45) is 0 Å². The molecule has 146 valence electrons. The molecule has 0 aliphatic rings. The Morgan fingerprint density at radius 1 is 1.18 bits per heavy atom. The number of hydrogen-bond donors (Lipinski definition) is 1. The maximum atomic E-state index is 12.1. The monoisotopic (exact) mass is 402 g/mol. The van der Waals surface area contributed by atoms with E-state index >= 15 is 0 Å². The van der Waals surface area contributed by atoms with Crippen molar-refractivity contribution in [1.82, 2.24) is 4.57 Å². The number of para-hydroxylation sites is 3. The van der Waals surface area contributed by atoms with Crippen molar-refractivity contribution in [2.75, 3.05) is 5.32 Å². The highest BCUT2D eigenvalue weighted by atomic mass is 35.5. The molecule has 3 rings (SSSR count). The molecule has 1 atom stereocenters. The number of carbonyl (C=O) groups excluding carboxylic acids is 2. The van der Waals surface area contributed by atoms with E-state index in [1.165, 1.54) is 11.5 Å². The fourth-order valence-electron chi connectivity index (χ4n) is 2.71. The van der Waals surface area contributed by atoms with Gasteiger partial charge in [0.15, 0.2) is 11.7 Å². The first-order valence-corrected chi connectivity index (χ1v) is 9.17. The minimum Gasteiger partial charge on any atom is -0.453 e. The van der Waals surface area contributed by atoms with Crippen LogP contribution in [0.5, 0.6) is 0 Å². The number of amides is 1. The first-order chi connectivity index (χ1) is 13.5. The fraction of sp³-hybridized carbons (Fsp3) is 0.250. The lowest BCUT2D eigenvalue weighted by Crippen LogP contribution is -2.30. The predicted octanol–water partition coefficient (Wildman–Crippen LogP) is 3.60. The molecule has 0 aliphatic carbocycles. The van der Waals surface area contributed by atoms with Crippen LogP contribution in [0.2, 0.25) is 5.02 Å². The molecule has 1 heterocycles. The second-order valence-corrected chi connectivity index (χ2v) is 6.60. The molecular formula is C20H19ClN2O5. The first kappa shape index (κ1) is 19.7. The van der Waals surface area contributed by atoms with Gasteiger partial charge in [0.2, 0.25) is 0 Å². The Morgan fingerprint density at radius 2 is 1.89 bits per heavy atom. The minimum atomic E-state index is -0.971. The van der Waals surface area contributed by atoms with Gasteiger partial charge in [-0.25, -0.2) is 4.79 Å². The number of benzene rings is 2. The first-order valence-electron chi connectivity index (χ1n) is 8.79. The number of nitrogens with one attached hydrogen (secondary N) is 1. The second kappa shape index (κ2) is 8.75. The highest BCUT2D eigenvalue weighted by Crippen LogP contribution is 2.20. The zero-order valence-corrected chi connectivity index (χ0v) is 15.9. The second-order valence-electron chi connectivity index (χ2n) is 6.19. The highest BCUT2D eigenvalue weighted by molar-refractivity contribution is 6.33. The molecule has 7 nitrogen and oxygen atoms in total. The van der Waals surface area contributed by atoms with Crippen LogP contribution in [-0.4, -0.2) is 22.5 Å². The SMILES string of the molecule is CC(OC(=O)CCCn1c(=O)oc2ccccc21)C(=O)Nc1ccccc1Cl. The molecule has 8 heteroatoms. The van der Waals surface area contributed by atoms with Crippen molar-refractivity contribution in [3.63, 3.8) is 0 Å². The molecule has 0 fully saturated rings. The molecule has 0 aliphatic heterocycles. The lowest BCUT2D eigenvalue weighted by atomic mass is 10.2. The summed E-state index contributed by atoms with van der Waals surface area (Å²) < 4.78 is 11.8. The van der Waals surface area contributed by atoms with E-state index in [2.05, 4.69) is 5.32 Å². The molecule has 0 saturated heterocycles. The standard InChI is InChI=1S/C20H19ClN2O5/c1-13(19(25)22-15-8-3-2-7-14(15)21)27-18(24)11-6-12-23-16-9-4-5-10-17(16)28-20(23)26/h2-5,7-10,13H,6,11-12H2,1H3,(H,22,25). The molecule has 1 aromatic heterocycles. The van der Waals surface area contributed by atoms with E-state index < -0.39 is 23.7 Å². The number of nitrogens with zero attached hydrogens (tertiary/aromatic N) is 1. The topological polar surface area (TPSA) is 90.5 Å².